The van der Waals surface area contributed by atoms with E-state index in [1.165, 1.54) is 16.8 Å². The molecule has 1 aromatic carbocycles. The van der Waals surface area contributed by atoms with Crippen LogP contribution in [0.2, 0.25) is 0 Å². The third kappa shape index (κ3) is 3.11. The van der Waals surface area contributed by atoms with Gasteiger partial charge in [-0.15, -0.1) is 0 Å². The Morgan fingerprint density at radius 1 is 1.53 bits per heavy atom. The SMILES string of the molecule is Cc1ccc(F)cc1-c1nc(SCC(=O)O)n(C)n1. The summed E-state index contributed by atoms with van der Waals surface area (Å²) in [7, 11) is 1.68. The van der Waals surface area contributed by atoms with Gasteiger partial charge in [0.1, 0.15) is 5.82 Å². The zero-order valence-electron chi connectivity index (χ0n) is 10.4. The summed E-state index contributed by atoms with van der Waals surface area (Å²) >= 11 is 1.08. The highest BCUT2D eigenvalue weighted by atomic mass is 32.2. The number of benzene rings is 1. The predicted octanol–water partition coefficient (Wildman–Crippen LogP) is 2.11. The standard InChI is InChI=1S/C12H12FN3O2S/c1-7-3-4-8(13)5-9(7)11-14-12(16(2)15-11)19-6-10(17)18/h3-5H,6H2,1-2H3,(H,17,18). The summed E-state index contributed by atoms with van der Waals surface area (Å²) < 4.78 is 14.7. The van der Waals surface area contributed by atoms with Crippen molar-refractivity contribution in [3.8, 4) is 11.4 Å². The lowest BCUT2D eigenvalue weighted by Crippen LogP contribution is -2.00. The molecule has 0 fully saturated rings. The van der Waals surface area contributed by atoms with Gasteiger partial charge in [-0.1, -0.05) is 17.8 Å². The Morgan fingerprint density at radius 3 is 2.95 bits per heavy atom. The second kappa shape index (κ2) is 5.40. The number of aryl methyl sites for hydroxylation is 2. The minimum atomic E-state index is -0.920. The molecule has 19 heavy (non-hydrogen) atoms. The number of hydrogen-bond donors (Lipinski definition) is 1. The summed E-state index contributed by atoms with van der Waals surface area (Å²) in [5.41, 5.74) is 1.47. The summed E-state index contributed by atoms with van der Waals surface area (Å²) in [4.78, 5) is 14.8. The molecule has 0 unspecified atom stereocenters. The van der Waals surface area contributed by atoms with Crippen LogP contribution in [0, 0.1) is 12.7 Å². The number of nitrogens with zero attached hydrogens (tertiary/aromatic N) is 3. The van der Waals surface area contributed by atoms with Gasteiger partial charge in [-0.25, -0.2) is 14.1 Å². The molecule has 0 spiro atoms. The van der Waals surface area contributed by atoms with Crippen LogP contribution < -0.4 is 0 Å². The van der Waals surface area contributed by atoms with E-state index in [9.17, 15) is 9.18 Å². The zero-order chi connectivity index (χ0) is 14.0. The number of carboxylic acid groups (broad SMARTS) is 1. The van der Waals surface area contributed by atoms with Crippen molar-refractivity contribution in [3.63, 3.8) is 0 Å². The van der Waals surface area contributed by atoms with Crippen molar-refractivity contribution in [2.45, 2.75) is 12.1 Å². The van der Waals surface area contributed by atoms with Gasteiger partial charge < -0.3 is 5.11 Å². The van der Waals surface area contributed by atoms with E-state index in [1.54, 1.807) is 13.1 Å². The fraction of sp³-hybridized carbons (Fsp3) is 0.250. The first-order chi connectivity index (χ1) is 8.97. The number of aromatic nitrogens is 3. The molecule has 5 nitrogen and oxygen atoms in total. The van der Waals surface area contributed by atoms with Crippen molar-refractivity contribution in [3.05, 3.63) is 29.6 Å². The Bertz CT molecular complexity index is 627. The van der Waals surface area contributed by atoms with Gasteiger partial charge in [0.25, 0.3) is 0 Å². The maximum atomic E-state index is 13.2. The summed E-state index contributed by atoms with van der Waals surface area (Å²) in [5, 5.41) is 13.3. The van der Waals surface area contributed by atoms with Crippen molar-refractivity contribution >= 4 is 17.7 Å². The zero-order valence-corrected chi connectivity index (χ0v) is 11.2. The van der Waals surface area contributed by atoms with Gasteiger partial charge in [-0.2, -0.15) is 5.10 Å². The van der Waals surface area contributed by atoms with E-state index in [-0.39, 0.29) is 11.6 Å². The first-order valence-corrected chi connectivity index (χ1v) is 6.48. The number of carbonyl (C=O) groups is 1. The smallest absolute Gasteiger partial charge is 0.313 e. The third-order valence-electron chi connectivity index (χ3n) is 2.49. The number of thioether (sulfide) groups is 1. The third-order valence-corrected chi connectivity index (χ3v) is 3.49. The highest BCUT2D eigenvalue weighted by Crippen LogP contribution is 2.24. The average molecular weight is 281 g/mol. The van der Waals surface area contributed by atoms with Crippen LogP contribution in [0.4, 0.5) is 4.39 Å². The highest BCUT2D eigenvalue weighted by Gasteiger charge is 2.13. The second-order valence-electron chi connectivity index (χ2n) is 3.98. The molecule has 0 radical (unpaired) electrons. The Hall–Kier alpha value is -1.89. The Morgan fingerprint density at radius 2 is 2.26 bits per heavy atom. The molecule has 0 saturated heterocycles. The Balaban J connectivity index is 2.33. The highest BCUT2D eigenvalue weighted by molar-refractivity contribution is 7.99. The predicted molar refractivity (Wildman–Crippen MR) is 69.5 cm³/mol. The lowest BCUT2D eigenvalue weighted by Gasteiger charge is -2.00. The van der Waals surface area contributed by atoms with E-state index in [4.69, 9.17) is 5.11 Å². The molecule has 2 aromatic rings. The number of aliphatic carboxylic acids is 1. The van der Waals surface area contributed by atoms with Crippen molar-refractivity contribution in [1.29, 1.82) is 0 Å². The van der Waals surface area contributed by atoms with Gasteiger partial charge in [-0.05, 0) is 24.6 Å². The largest absolute Gasteiger partial charge is 0.481 e. The first-order valence-electron chi connectivity index (χ1n) is 5.49. The van der Waals surface area contributed by atoms with Gasteiger partial charge in [0.2, 0.25) is 0 Å². The molecule has 7 heteroatoms. The van der Waals surface area contributed by atoms with Gasteiger partial charge in [-0.3, -0.25) is 4.79 Å². The number of halogens is 1. The fourth-order valence-corrected chi connectivity index (χ4v) is 2.20. The monoisotopic (exact) mass is 281 g/mol. The van der Waals surface area contributed by atoms with Crippen LogP contribution in [0.15, 0.2) is 23.4 Å². The maximum Gasteiger partial charge on any atom is 0.313 e. The Kier molecular flexibility index (Phi) is 3.84. The molecular formula is C12H12FN3O2S. The van der Waals surface area contributed by atoms with Gasteiger partial charge in [0.05, 0.1) is 5.75 Å². The maximum absolute atomic E-state index is 13.2. The lowest BCUT2D eigenvalue weighted by molar-refractivity contribution is -0.133. The van der Waals surface area contributed by atoms with Crippen molar-refractivity contribution < 1.29 is 14.3 Å². The van der Waals surface area contributed by atoms with Crippen LogP contribution in [0.3, 0.4) is 0 Å². The molecule has 0 bridgehead atoms. The minimum absolute atomic E-state index is 0.0892. The number of rotatable bonds is 4. The lowest BCUT2D eigenvalue weighted by atomic mass is 10.1. The summed E-state index contributed by atoms with van der Waals surface area (Å²) in [6.45, 7) is 1.84. The first kappa shape index (κ1) is 13.5. The quantitative estimate of drug-likeness (QED) is 0.869. The summed E-state index contributed by atoms with van der Waals surface area (Å²) in [6.07, 6.45) is 0. The van der Waals surface area contributed by atoms with Gasteiger partial charge >= 0.3 is 5.97 Å². The van der Waals surface area contributed by atoms with Crippen LogP contribution >= 0.6 is 11.8 Å². The molecule has 0 amide bonds. The van der Waals surface area contributed by atoms with E-state index in [2.05, 4.69) is 10.1 Å². The molecule has 0 saturated carbocycles. The molecule has 0 atom stereocenters. The van der Waals surface area contributed by atoms with Crippen molar-refractivity contribution in [2.24, 2.45) is 7.05 Å². The topological polar surface area (TPSA) is 68.0 Å². The molecule has 0 aliphatic heterocycles. The molecule has 2 rings (SSSR count). The van der Waals surface area contributed by atoms with Crippen LogP contribution in [0.25, 0.3) is 11.4 Å². The van der Waals surface area contributed by atoms with E-state index in [1.807, 2.05) is 6.92 Å². The van der Waals surface area contributed by atoms with E-state index in [0.717, 1.165) is 17.3 Å². The molecule has 1 heterocycles. The molecule has 1 N–H and O–H groups in total. The summed E-state index contributed by atoms with van der Waals surface area (Å²) in [6, 6.07) is 4.41. The minimum Gasteiger partial charge on any atom is -0.481 e. The number of carboxylic acids is 1. The molecule has 0 aliphatic rings. The number of hydrogen-bond acceptors (Lipinski definition) is 4. The van der Waals surface area contributed by atoms with Crippen LogP contribution in [-0.2, 0) is 11.8 Å². The molecular weight excluding hydrogens is 269 g/mol. The molecule has 100 valence electrons. The van der Waals surface area contributed by atoms with E-state index >= 15 is 0 Å². The van der Waals surface area contributed by atoms with Gasteiger partial charge in [0.15, 0.2) is 11.0 Å². The average Bonchev–Trinajstić information content (AvgIpc) is 2.71. The second-order valence-corrected chi connectivity index (χ2v) is 4.93. The van der Waals surface area contributed by atoms with E-state index < -0.39 is 5.97 Å². The Labute approximate surface area is 113 Å². The van der Waals surface area contributed by atoms with Crippen LogP contribution in [-0.4, -0.2) is 31.6 Å². The molecule has 0 aliphatic carbocycles. The van der Waals surface area contributed by atoms with Gasteiger partial charge in [0, 0.05) is 12.6 Å². The van der Waals surface area contributed by atoms with Crippen LogP contribution in [0.1, 0.15) is 5.56 Å². The van der Waals surface area contributed by atoms with E-state index in [0.29, 0.717) is 16.5 Å². The summed E-state index contributed by atoms with van der Waals surface area (Å²) in [5.74, 6) is -0.967. The van der Waals surface area contributed by atoms with Crippen molar-refractivity contribution in [1.82, 2.24) is 14.8 Å². The van der Waals surface area contributed by atoms with Crippen LogP contribution in [0.5, 0.6) is 0 Å². The molecule has 1 aromatic heterocycles. The normalized spacial score (nSPS) is 10.7. The fourth-order valence-electron chi connectivity index (χ4n) is 1.57. The van der Waals surface area contributed by atoms with Crippen molar-refractivity contribution in [2.75, 3.05) is 5.75 Å².